The number of nitrogens with zero attached hydrogens (tertiary/aromatic N) is 1. The standard InChI is InChI=1S/C54H47NS/c1-33-20-26-49-47(28-33)54(32-51(2,3)43-18-12-13-19-44(43)54)48-31-36(23-27-50(48)56-49)55(34-21-24-39-37-14-8-10-16-41(37)52(4,5)45(39)29-34)35-22-25-40-38-15-9-11-17-42(38)53(6,7)46(40)30-35/h8-31H,32H2,1-7H3. The highest BCUT2D eigenvalue weighted by Crippen LogP contribution is 2.63. The Bertz CT molecular complexity index is 2710. The summed E-state index contributed by atoms with van der Waals surface area (Å²) in [4.78, 5) is 5.28. The van der Waals surface area contributed by atoms with E-state index in [1.54, 1.807) is 0 Å². The zero-order valence-corrected chi connectivity index (χ0v) is 34.2. The van der Waals surface area contributed by atoms with Crippen LogP contribution in [-0.2, 0) is 21.7 Å². The number of hydrogen-bond acceptors (Lipinski definition) is 2. The van der Waals surface area contributed by atoms with Gasteiger partial charge >= 0.3 is 0 Å². The SMILES string of the molecule is Cc1ccc2c(c1)C1(CC(C)(C)c3ccccc31)c1cc(N(c3ccc4c(c3)C(C)(C)c3ccccc3-4)c3ccc4c(c3)C(C)(C)c3ccccc3-4)ccc1S2. The van der Waals surface area contributed by atoms with Gasteiger partial charge in [-0.05, 0) is 134 Å². The maximum atomic E-state index is 2.56. The number of anilines is 3. The van der Waals surface area contributed by atoms with Crippen molar-refractivity contribution >= 4 is 28.8 Å². The molecule has 2 heteroatoms. The second-order valence-corrected chi connectivity index (χ2v) is 19.5. The minimum absolute atomic E-state index is 0.0216. The Hall–Kier alpha value is -5.31. The molecule has 1 nitrogen and oxygen atoms in total. The van der Waals surface area contributed by atoms with E-state index in [2.05, 4.69) is 199 Å². The fraction of sp³-hybridized carbons (Fsp3) is 0.222. The predicted molar refractivity (Wildman–Crippen MR) is 236 cm³/mol. The molecule has 7 aromatic rings. The number of benzene rings is 7. The minimum Gasteiger partial charge on any atom is -0.310 e. The summed E-state index contributed by atoms with van der Waals surface area (Å²) in [5.74, 6) is 0. The van der Waals surface area contributed by atoms with Crippen LogP contribution in [0, 0.1) is 6.92 Å². The van der Waals surface area contributed by atoms with Gasteiger partial charge in [0, 0.05) is 43.1 Å². The lowest BCUT2D eigenvalue weighted by Crippen LogP contribution is -2.32. The highest BCUT2D eigenvalue weighted by Gasteiger charge is 2.53. The average Bonchev–Trinajstić information content (AvgIpc) is 3.69. The van der Waals surface area contributed by atoms with Crippen molar-refractivity contribution in [3.8, 4) is 22.3 Å². The monoisotopic (exact) mass is 741 g/mol. The molecule has 0 aromatic heterocycles. The Labute approximate surface area is 336 Å². The van der Waals surface area contributed by atoms with E-state index in [4.69, 9.17) is 0 Å². The van der Waals surface area contributed by atoms with Crippen LogP contribution in [-0.4, -0.2) is 0 Å². The summed E-state index contributed by atoms with van der Waals surface area (Å²) in [6.07, 6.45) is 1.03. The predicted octanol–water partition coefficient (Wildman–Crippen LogP) is 14.6. The van der Waals surface area contributed by atoms with E-state index in [0.717, 1.165) is 6.42 Å². The Balaban J connectivity index is 1.16. The smallest absolute Gasteiger partial charge is 0.0485 e. The molecule has 0 radical (unpaired) electrons. The van der Waals surface area contributed by atoms with Crippen molar-refractivity contribution in [2.75, 3.05) is 4.90 Å². The Morgan fingerprint density at radius 2 is 0.839 bits per heavy atom. The molecule has 56 heavy (non-hydrogen) atoms. The first-order valence-electron chi connectivity index (χ1n) is 20.2. The van der Waals surface area contributed by atoms with E-state index in [1.165, 1.54) is 99.2 Å². The van der Waals surface area contributed by atoms with Crippen LogP contribution < -0.4 is 4.90 Å². The quantitative estimate of drug-likeness (QED) is 0.177. The molecule has 11 rings (SSSR count). The first kappa shape index (κ1) is 34.0. The van der Waals surface area contributed by atoms with Crippen LogP contribution in [0.1, 0.15) is 98.0 Å². The van der Waals surface area contributed by atoms with Gasteiger partial charge in [0.2, 0.25) is 0 Å². The fourth-order valence-corrected chi connectivity index (χ4v) is 12.5. The summed E-state index contributed by atoms with van der Waals surface area (Å²) >= 11 is 1.94. The second kappa shape index (κ2) is 11.4. The first-order chi connectivity index (χ1) is 26.9. The molecule has 0 N–H and O–H groups in total. The van der Waals surface area contributed by atoms with Crippen molar-refractivity contribution in [2.24, 2.45) is 0 Å². The van der Waals surface area contributed by atoms with Crippen molar-refractivity contribution in [3.63, 3.8) is 0 Å². The van der Waals surface area contributed by atoms with Crippen molar-refractivity contribution < 1.29 is 0 Å². The molecule has 1 aliphatic heterocycles. The third-order valence-corrected chi connectivity index (χ3v) is 15.1. The molecule has 0 saturated heterocycles. The Morgan fingerprint density at radius 1 is 0.411 bits per heavy atom. The van der Waals surface area contributed by atoms with Gasteiger partial charge in [-0.25, -0.2) is 0 Å². The molecule has 0 fully saturated rings. The van der Waals surface area contributed by atoms with Crippen molar-refractivity contribution in [1.82, 2.24) is 0 Å². The van der Waals surface area contributed by atoms with Crippen molar-refractivity contribution in [1.29, 1.82) is 0 Å². The summed E-state index contributed by atoms with van der Waals surface area (Å²) in [5, 5.41) is 0. The molecule has 1 atom stereocenters. The maximum Gasteiger partial charge on any atom is 0.0485 e. The molecule has 274 valence electrons. The summed E-state index contributed by atoms with van der Waals surface area (Å²) in [6, 6.07) is 56.2. The zero-order valence-electron chi connectivity index (χ0n) is 33.4. The molecular formula is C54H47NS. The van der Waals surface area contributed by atoms with Crippen LogP contribution in [0.5, 0.6) is 0 Å². The maximum absolute atomic E-state index is 2.56. The Kier molecular flexibility index (Phi) is 6.91. The number of aryl methyl sites for hydroxylation is 1. The average molecular weight is 742 g/mol. The van der Waals surface area contributed by atoms with Gasteiger partial charge in [0.05, 0.1) is 0 Å². The van der Waals surface area contributed by atoms with Crippen LogP contribution in [0.2, 0.25) is 0 Å². The molecule has 0 saturated carbocycles. The lowest BCUT2D eigenvalue weighted by molar-refractivity contribution is 0.435. The normalized spacial score (nSPS) is 19.3. The second-order valence-electron chi connectivity index (χ2n) is 18.4. The molecular weight excluding hydrogens is 695 g/mol. The number of hydrogen-bond donors (Lipinski definition) is 0. The summed E-state index contributed by atoms with van der Waals surface area (Å²) in [7, 11) is 0. The molecule has 3 aliphatic carbocycles. The first-order valence-corrected chi connectivity index (χ1v) is 21.0. The zero-order chi connectivity index (χ0) is 38.4. The van der Waals surface area contributed by atoms with Crippen molar-refractivity contribution in [2.45, 2.75) is 86.3 Å². The van der Waals surface area contributed by atoms with Gasteiger partial charge in [-0.15, -0.1) is 0 Å². The van der Waals surface area contributed by atoms with Gasteiger partial charge in [-0.1, -0.05) is 156 Å². The van der Waals surface area contributed by atoms with Crippen LogP contribution in [0.4, 0.5) is 17.1 Å². The Morgan fingerprint density at radius 3 is 1.41 bits per heavy atom. The molecule has 7 aromatic carbocycles. The van der Waals surface area contributed by atoms with Crippen LogP contribution in [0.3, 0.4) is 0 Å². The molecule has 0 amide bonds. The van der Waals surface area contributed by atoms with Gasteiger partial charge in [0.15, 0.2) is 0 Å². The number of rotatable bonds is 3. The highest BCUT2D eigenvalue weighted by molar-refractivity contribution is 7.99. The molecule has 1 unspecified atom stereocenters. The fourth-order valence-electron chi connectivity index (χ4n) is 11.3. The summed E-state index contributed by atoms with van der Waals surface area (Å²) in [5.41, 5.74) is 21.2. The van der Waals surface area contributed by atoms with Crippen LogP contribution in [0.15, 0.2) is 155 Å². The van der Waals surface area contributed by atoms with Crippen LogP contribution in [0.25, 0.3) is 22.3 Å². The summed E-state index contributed by atoms with van der Waals surface area (Å²) < 4.78 is 0. The third-order valence-electron chi connectivity index (χ3n) is 14.0. The largest absolute Gasteiger partial charge is 0.310 e. The third kappa shape index (κ3) is 4.45. The van der Waals surface area contributed by atoms with Gasteiger partial charge in [-0.3, -0.25) is 0 Å². The molecule has 4 aliphatic rings. The number of fused-ring (bicyclic) bond motifs is 12. The van der Waals surface area contributed by atoms with Gasteiger partial charge in [-0.2, -0.15) is 0 Å². The van der Waals surface area contributed by atoms with E-state index in [0.29, 0.717) is 0 Å². The van der Waals surface area contributed by atoms with Crippen molar-refractivity contribution in [3.05, 3.63) is 196 Å². The summed E-state index contributed by atoms with van der Waals surface area (Å²) in [6.45, 7) is 16.7. The van der Waals surface area contributed by atoms with E-state index in [9.17, 15) is 0 Å². The topological polar surface area (TPSA) is 3.24 Å². The molecule has 1 spiro atoms. The van der Waals surface area contributed by atoms with E-state index in [1.807, 2.05) is 11.8 Å². The molecule has 0 bridgehead atoms. The van der Waals surface area contributed by atoms with Gasteiger partial charge < -0.3 is 4.90 Å². The van der Waals surface area contributed by atoms with Crippen LogP contribution >= 0.6 is 11.8 Å². The lowest BCUT2D eigenvalue weighted by atomic mass is 9.68. The highest BCUT2D eigenvalue weighted by atomic mass is 32.2. The van der Waals surface area contributed by atoms with Gasteiger partial charge in [0.1, 0.15) is 0 Å². The molecule has 1 heterocycles. The minimum atomic E-state index is -0.257. The van der Waals surface area contributed by atoms with E-state index in [-0.39, 0.29) is 21.7 Å². The van der Waals surface area contributed by atoms with Gasteiger partial charge in [0.25, 0.3) is 0 Å². The lowest BCUT2D eigenvalue weighted by Gasteiger charge is -2.41. The van der Waals surface area contributed by atoms with E-state index < -0.39 is 0 Å². The van der Waals surface area contributed by atoms with E-state index >= 15 is 0 Å².